The van der Waals surface area contributed by atoms with Crippen LogP contribution in [0.3, 0.4) is 0 Å². The van der Waals surface area contributed by atoms with Crippen molar-refractivity contribution in [3.05, 3.63) is 214 Å². The van der Waals surface area contributed by atoms with Gasteiger partial charge >= 0.3 is 356 Å². The number of halogens is 2. The van der Waals surface area contributed by atoms with E-state index in [1.54, 1.807) is 22.3 Å². The average molecular weight is 924 g/mol. The Morgan fingerprint density at radius 1 is 0.426 bits per heavy atom. The third-order valence-electron chi connectivity index (χ3n) is 13.8. The van der Waals surface area contributed by atoms with E-state index in [-0.39, 0.29) is 24.8 Å². The Morgan fingerprint density at radius 2 is 0.820 bits per heavy atom. The first-order chi connectivity index (χ1) is 28.8. The number of fused-ring (bicyclic) bond motifs is 6. The zero-order chi connectivity index (χ0) is 40.0. The largest absolute Gasteiger partial charge is 0.147 e. The maximum Gasteiger partial charge on any atom is -0.147 e. The summed E-state index contributed by atoms with van der Waals surface area (Å²) in [5, 5.41) is 10.5. The molecule has 0 radical (unpaired) electrons. The zero-order valence-corrected chi connectivity index (χ0v) is 40.6. The van der Waals surface area contributed by atoms with Crippen molar-refractivity contribution in [2.45, 2.75) is 39.1 Å². The Balaban J connectivity index is 0.00000238. The van der Waals surface area contributed by atoms with Crippen LogP contribution in [0, 0.1) is 13.8 Å². The molecule has 9 aromatic carbocycles. The molecule has 2 aliphatic rings. The molecule has 4 heteroatoms. The molecule has 0 N–H and O–H groups in total. The molecular formula is C57H49Cl2SiZr. The first-order valence-corrected chi connectivity index (χ1v) is 31.6. The standard InChI is InChI=1S/2C25H19.C7H7.2ClH.H2Si.Zr/c2*1-16-12-21-11-10-17(2)25(24(21)13-16)22-9-5-8-20-14-18-6-3-4-7-19(18)15-23(20)22;1-7-5-3-2-4-6-7;;;;/h2*3-15H,1-2H3;2-6H,1H2;2*1H;1H2;. The van der Waals surface area contributed by atoms with Crippen LogP contribution in [0.5, 0.6) is 0 Å². The van der Waals surface area contributed by atoms with E-state index in [0.717, 1.165) is 0 Å². The predicted molar refractivity (Wildman–Crippen MR) is 269 cm³/mol. The Morgan fingerprint density at radius 3 is 1.26 bits per heavy atom. The van der Waals surface area contributed by atoms with Gasteiger partial charge < -0.3 is 0 Å². The van der Waals surface area contributed by atoms with Gasteiger partial charge in [0.15, 0.2) is 0 Å². The smallest absolute Gasteiger partial charge is 0.147 e. The Bertz CT molecular complexity index is 3140. The molecule has 0 nitrogen and oxygen atoms in total. The molecule has 0 saturated carbocycles. The number of allylic oxidation sites excluding steroid dienone is 2. The van der Waals surface area contributed by atoms with Gasteiger partial charge in [0.2, 0.25) is 0 Å². The van der Waals surface area contributed by atoms with Crippen molar-refractivity contribution in [1.29, 1.82) is 0 Å². The molecule has 0 fully saturated rings. The second-order valence-corrected chi connectivity index (χ2v) is 35.1. The summed E-state index contributed by atoms with van der Waals surface area (Å²) in [5.41, 5.74) is 18.8. The van der Waals surface area contributed by atoms with Crippen LogP contribution in [-0.4, -0.2) is 6.88 Å². The molecule has 2 aliphatic carbocycles. The Labute approximate surface area is 378 Å². The second-order valence-electron chi connectivity index (χ2n) is 17.5. The van der Waals surface area contributed by atoms with E-state index in [2.05, 4.69) is 211 Å². The van der Waals surface area contributed by atoms with E-state index in [0.29, 0.717) is 7.25 Å². The molecule has 11 rings (SSSR count). The maximum absolute atomic E-state index is 3.44. The van der Waals surface area contributed by atoms with Crippen molar-refractivity contribution >= 4 is 86.9 Å². The molecule has 0 spiro atoms. The van der Waals surface area contributed by atoms with E-state index < -0.39 is 18.9 Å². The summed E-state index contributed by atoms with van der Waals surface area (Å²) in [6.45, 7) is 12.0. The van der Waals surface area contributed by atoms with Crippen LogP contribution in [0.4, 0.5) is 0 Å². The van der Waals surface area contributed by atoms with E-state index in [4.69, 9.17) is 0 Å². The van der Waals surface area contributed by atoms with E-state index >= 15 is 0 Å². The van der Waals surface area contributed by atoms with Gasteiger partial charge in [-0.05, 0) is 0 Å². The summed E-state index contributed by atoms with van der Waals surface area (Å²) >= 11 is -3.44. The van der Waals surface area contributed by atoms with Crippen molar-refractivity contribution in [1.82, 2.24) is 0 Å². The van der Waals surface area contributed by atoms with Crippen LogP contribution in [0.15, 0.2) is 175 Å². The van der Waals surface area contributed by atoms with E-state index in [1.807, 2.05) is 0 Å². The van der Waals surface area contributed by atoms with Gasteiger partial charge in [0.1, 0.15) is 0 Å². The average Bonchev–Trinajstić information content (AvgIpc) is 3.78. The van der Waals surface area contributed by atoms with Crippen molar-refractivity contribution < 1.29 is 18.9 Å². The van der Waals surface area contributed by atoms with Gasteiger partial charge in [-0.25, -0.2) is 0 Å². The molecule has 2 atom stereocenters. The number of hydrogen-bond acceptors (Lipinski definition) is 0. The number of aryl methyl sites for hydroxylation is 2. The number of benzene rings is 9. The molecule has 9 aromatic rings. The summed E-state index contributed by atoms with van der Waals surface area (Å²) in [5.74, 6) is 0. The van der Waals surface area contributed by atoms with Crippen LogP contribution in [0.25, 0.3) is 77.5 Å². The number of hydrogen-bond donors (Lipinski definition) is 0. The first-order valence-electron chi connectivity index (χ1n) is 21.1. The molecule has 61 heavy (non-hydrogen) atoms. The second kappa shape index (κ2) is 16.1. The van der Waals surface area contributed by atoms with Crippen molar-refractivity contribution in [3.63, 3.8) is 0 Å². The van der Waals surface area contributed by atoms with Crippen LogP contribution in [0.2, 0.25) is 0 Å². The van der Waals surface area contributed by atoms with Gasteiger partial charge in [0, 0.05) is 0 Å². The molecule has 0 bridgehead atoms. The quantitative estimate of drug-likeness (QED) is 0.115. The Kier molecular flexibility index (Phi) is 11.0. The van der Waals surface area contributed by atoms with Gasteiger partial charge in [-0.1, -0.05) is 0 Å². The van der Waals surface area contributed by atoms with E-state index in [9.17, 15) is 0 Å². The minimum absolute atomic E-state index is 0. The summed E-state index contributed by atoms with van der Waals surface area (Å²) < 4.78 is 2.08. The molecule has 0 saturated heterocycles. The number of rotatable bonds is 6. The summed E-state index contributed by atoms with van der Waals surface area (Å²) in [4.78, 5) is 0. The Hall–Kier alpha value is -4.82. The fraction of sp³-hybridized carbons (Fsp3) is 0.123. The fourth-order valence-corrected chi connectivity index (χ4v) is 32.9. The summed E-state index contributed by atoms with van der Waals surface area (Å²) in [7, 11) is 0. The summed E-state index contributed by atoms with van der Waals surface area (Å²) in [6, 6.07) is 62.3. The van der Waals surface area contributed by atoms with Crippen molar-refractivity contribution in [2.24, 2.45) is 0 Å². The summed E-state index contributed by atoms with van der Waals surface area (Å²) in [6.07, 6.45) is 5.20. The van der Waals surface area contributed by atoms with E-state index in [1.165, 1.54) is 97.3 Å². The topological polar surface area (TPSA) is 0 Å². The van der Waals surface area contributed by atoms with Gasteiger partial charge in [-0.2, -0.15) is 0 Å². The van der Waals surface area contributed by atoms with Gasteiger partial charge in [0.25, 0.3) is 0 Å². The maximum atomic E-state index is 2.60. The third-order valence-corrected chi connectivity index (χ3v) is 32.2. The molecule has 0 amide bonds. The van der Waals surface area contributed by atoms with Gasteiger partial charge in [0.05, 0.1) is 0 Å². The normalized spacial score (nSPS) is 16.4. The van der Waals surface area contributed by atoms with Crippen LogP contribution < -0.4 is 0 Å². The molecule has 299 valence electrons. The molecule has 0 aliphatic heterocycles. The van der Waals surface area contributed by atoms with Crippen molar-refractivity contribution in [2.75, 3.05) is 0 Å². The molecule has 0 heterocycles. The molecular weight excluding hydrogens is 875 g/mol. The zero-order valence-electron chi connectivity index (χ0n) is 35.1. The van der Waals surface area contributed by atoms with Crippen molar-refractivity contribution in [3.8, 4) is 22.3 Å². The third kappa shape index (κ3) is 6.74. The van der Waals surface area contributed by atoms with Gasteiger partial charge in [-0.3, -0.25) is 0 Å². The van der Waals surface area contributed by atoms with Crippen LogP contribution >= 0.6 is 24.8 Å². The van der Waals surface area contributed by atoms with Crippen LogP contribution in [-0.2, 0) is 23.0 Å². The molecule has 2 unspecified atom stereocenters. The van der Waals surface area contributed by atoms with Gasteiger partial charge in [-0.15, -0.1) is 24.8 Å². The predicted octanol–water partition coefficient (Wildman–Crippen LogP) is 15.6. The fourth-order valence-electron chi connectivity index (χ4n) is 11.4. The molecule has 0 aromatic heterocycles. The van der Waals surface area contributed by atoms with Crippen LogP contribution in [0.1, 0.15) is 60.0 Å². The first kappa shape index (κ1) is 41.5. The SMILES string of the molecule is CC1=Cc2c(ccc(C)c2-c2cccc3cc4ccccc4cc23)[CH]1[Zr](=[SiH2])([CH2]c1ccccc1)[CH]1C(C)=Cc2c1ccc(C)c2-c1cccc2cc3ccccc3cc12.Cl.Cl. The minimum Gasteiger partial charge on any atom is -0.147 e. The minimum atomic E-state index is -3.44. The monoisotopic (exact) mass is 921 g/mol.